The minimum absolute atomic E-state index is 0.154. The number of anilines is 1. The van der Waals surface area contributed by atoms with Crippen molar-refractivity contribution in [1.29, 1.82) is 0 Å². The number of rotatable bonds is 15. The van der Waals surface area contributed by atoms with Crippen LogP contribution in [0.4, 0.5) is 71.7 Å². The number of fused-ring (bicyclic) bond motifs is 5. The molecule has 1 amide bonds. The molecule has 2 aromatic carbocycles. The first-order chi connectivity index (χ1) is 32.3. The van der Waals surface area contributed by atoms with Gasteiger partial charge in [-0.2, -0.15) is 63.5 Å². The van der Waals surface area contributed by atoms with Crippen LogP contribution >= 0.6 is 11.6 Å². The van der Waals surface area contributed by atoms with Crippen molar-refractivity contribution < 1.29 is 83.8 Å². The quantitative estimate of drug-likeness (QED) is 0.0963. The number of amides is 1. The molecule has 6 aromatic rings. The number of aryl methyl sites for hydroxylation is 1. The van der Waals surface area contributed by atoms with Crippen molar-refractivity contribution in [2.75, 3.05) is 17.6 Å². The standard InChI is InChI=1S/C39H27ClF15N9O5S/c1-62-28-22(5-4-20(40)26(28)32(60-62)61-70(2,67)68)64-33(58-31-17(34(64)66)3-6-24(57-31)69-13-35(45,46)37(49,50)38(51,52)39(53,54)55)21(9-14-7-15(41)10-16(42)8-14)56-23(65)12-63-29-25(27(59-63)30(43)44)18-11-19(18)36(29,47)48/h3-8,10,18-19,21,30H,9,11-13H2,1-2H3,(H,56,65)(H,60,61)/t18-,19+,21-/m0/s1. The molecule has 0 spiro atoms. The van der Waals surface area contributed by atoms with Gasteiger partial charge in [0, 0.05) is 37.1 Å². The van der Waals surface area contributed by atoms with Crippen molar-refractivity contribution >= 4 is 55.3 Å². The number of nitrogens with zero attached hydrogens (tertiary/aromatic N) is 7. The van der Waals surface area contributed by atoms with Crippen LogP contribution in [0.3, 0.4) is 0 Å². The lowest BCUT2D eigenvalue weighted by atomic mass is 10.0. The molecule has 2 aliphatic carbocycles. The third kappa shape index (κ3) is 8.47. The van der Waals surface area contributed by atoms with Gasteiger partial charge in [-0.15, -0.1) is 0 Å². The van der Waals surface area contributed by atoms with E-state index in [0.29, 0.717) is 27.4 Å². The van der Waals surface area contributed by atoms with Gasteiger partial charge in [-0.1, -0.05) is 11.6 Å². The molecule has 14 nitrogen and oxygen atoms in total. The molecule has 1 saturated carbocycles. The van der Waals surface area contributed by atoms with Gasteiger partial charge in [0.25, 0.3) is 17.9 Å². The molecule has 8 rings (SSSR count). The summed E-state index contributed by atoms with van der Waals surface area (Å²) < 4.78 is 245. The van der Waals surface area contributed by atoms with E-state index in [4.69, 9.17) is 11.6 Å². The number of carbonyl (C=O) groups excluding carboxylic acids is 1. The SMILES string of the molecule is Cn1nc(NS(C)(=O)=O)c2c(Cl)ccc(-n3c([C@H](Cc4cc(F)cc(F)c4)NC(=O)Cn4nc(C(F)F)c5c4C(F)(F)[C@@H]4C[C@H]54)nc4nc(OCC(F)(F)C(F)(F)C(F)(F)C(F)(F)F)ccc4c3=O)c21. The molecule has 31 heteroatoms. The Morgan fingerprint density at radius 1 is 0.957 bits per heavy atom. The van der Waals surface area contributed by atoms with Crippen LogP contribution in [0.25, 0.3) is 27.6 Å². The van der Waals surface area contributed by atoms with E-state index in [2.05, 4.69) is 34.9 Å². The van der Waals surface area contributed by atoms with E-state index in [0.717, 1.165) is 35.2 Å². The number of alkyl halides is 13. The van der Waals surface area contributed by atoms with Gasteiger partial charge >= 0.3 is 23.9 Å². The number of benzene rings is 2. The van der Waals surface area contributed by atoms with Gasteiger partial charge < -0.3 is 10.1 Å². The van der Waals surface area contributed by atoms with Gasteiger partial charge in [0.05, 0.1) is 39.3 Å². The third-order valence-electron chi connectivity index (χ3n) is 11.3. The molecule has 3 atom stereocenters. The van der Waals surface area contributed by atoms with Crippen molar-refractivity contribution in [2.24, 2.45) is 13.0 Å². The zero-order valence-electron chi connectivity index (χ0n) is 34.8. The topological polar surface area (TPSA) is 168 Å². The smallest absolute Gasteiger partial charge is 0.460 e. The minimum atomic E-state index is -7.29. The highest BCUT2D eigenvalue weighted by atomic mass is 35.5. The lowest BCUT2D eigenvalue weighted by molar-refractivity contribution is -0.398. The van der Waals surface area contributed by atoms with Crippen LogP contribution in [0.1, 0.15) is 53.1 Å². The molecular formula is C39H27ClF15N9O5S. The van der Waals surface area contributed by atoms with Crippen LogP contribution < -0.4 is 20.3 Å². The van der Waals surface area contributed by atoms with E-state index in [1.54, 1.807) is 0 Å². The first kappa shape index (κ1) is 50.1. The predicted molar refractivity (Wildman–Crippen MR) is 212 cm³/mol. The Kier molecular flexibility index (Phi) is 11.9. The average molecular weight is 1050 g/mol. The van der Waals surface area contributed by atoms with E-state index in [1.165, 1.54) is 7.05 Å². The zero-order valence-corrected chi connectivity index (χ0v) is 36.4. The molecule has 4 heterocycles. The zero-order chi connectivity index (χ0) is 51.6. The maximum Gasteiger partial charge on any atom is 0.460 e. The molecule has 70 heavy (non-hydrogen) atoms. The van der Waals surface area contributed by atoms with Crippen LogP contribution in [0.15, 0.2) is 47.3 Å². The van der Waals surface area contributed by atoms with Gasteiger partial charge in [0.2, 0.25) is 21.8 Å². The van der Waals surface area contributed by atoms with Crippen LogP contribution in [0, 0.1) is 17.6 Å². The summed E-state index contributed by atoms with van der Waals surface area (Å²) in [7, 11) is -2.88. The summed E-state index contributed by atoms with van der Waals surface area (Å²) in [4.78, 5) is 36.7. The summed E-state index contributed by atoms with van der Waals surface area (Å²) in [5, 5.41) is 8.93. The van der Waals surface area contributed by atoms with Gasteiger partial charge in [-0.05, 0) is 48.2 Å². The summed E-state index contributed by atoms with van der Waals surface area (Å²) in [6.45, 7) is -4.15. The van der Waals surface area contributed by atoms with Gasteiger partial charge in [-0.3, -0.25) is 28.2 Å². The number of carbonyl (C=O) groups is 1. The third-order valence-corrected chi connectivity index (χ3v) is 12.1. The van der Waals surface area contributed by atoms with E-state index < -0.39 is 152 Å². The number of aromatic nitrogens is 7. The Bertz CT molecular complexity index is 3290. The highest BCUT2D eigenvalue weighted by molar-refractivity contribution is 7.92. The molecule has 0 radical (unpaired) electrons. The highest BCUT2D eigenvalue weighted by Crippen LogP contribution is 2.68. The molecule has 0 unspecified atom stereocenters. The number of hydrogen-bond acceptors (Lipinski definition) is 9. The van der Waals surface area contributed by atoms with Crippen LogP contribution in [0.2, 0.25) is 5.02 Å². The normalized spacial score (nSPS) is 17.5. The fourth-order valence-corrected chi connectivity index (χ4v) is 8.92. The maximum absolute atomic E-state index is 15.5. The molecule has 2 aliphatic rings. The Morgan fingerprint density at radius 2 is 1.61 bits per heavy atom. The maximum atomic E-state index is 15.5. The number of sulfonamides is 1. The molecular weight excluding hydrogens is 1030 g/mol. The molecule has 2 N–H and O–H groups in total. The fraction of sp³-hybridized carbons (Fsp3) is 0.385. The number of nitrogens with one attached hydrogen (secondary N) is 2. The number of hydrogen-bond donors (Lipinski definition) is 2. The van der Waals surface area contributed by atoms with Gasteiger partial charge in [-0.25, -0.2) is 31.0 Å². The largest absolute Gasteiger partial charge is 0.471 e. The highest BCUT2D eigenvalue weighted by Gasteiger charge is 2.82. The summed E-state index contributed by atoms with van der Waals surface area (Å²) in [5.41, 5.74) is -5.65. The summed E-state index contributed by atoms with van der Waals surface area (Å²) >= 11 is 6.48. The second kappa shape index (κ2) is 16.6. The fourth-order valence-electron chi connectivity index (χ4n) is 8.19. The first-order valence-corrected chi connectivity index (χ1v) is 21.9. The van der Waals surface area contributed by atoms with Crippen molar-refractivity contribution in [3.8, 4) is 11.6 Å². The second-order valence-electron chi connectivity index (χ2n) is 16.2. The molecule has 4 aromatic heterocycles. The molecule has 0 saturated heterocycles. The summed E-state index contributed by atoms with van der Waals surface area (Å²) in [6.07, 6.45) is -10.8. The second-order valence-corrected chi connectivity index (χ2v) is 18.3. The number of halogens is 16. The minimum Gasteiger partial charge on any atom is -0.471 e. The Hall–Kier alpha value is -6.33. The monoisotopic (exact) mass is 1050 g/mol. The van der Waals surface area contributed by atoms with Crippen molar-refractivity contribution in [2.45, 2.75) is 67.6 Å². The summed E-state index contributed by atoms with van der Waals surface area (Å²) in [5.74, 6) is -33.1. The molecule has 0 bridgehead atoms. The Morgan fingerprint density at radius 3 is 2.23 bits per heavy atom. The predicted octanol–water partition coefficient (Wildman–Crippen LogP) is 8.26. The lowest BCUT2D eigenvalue weighted by Gasteiger charge is -2.33. The lowest BCUT2D eigenvalue weighted by Crippen LogP contribution is -2.62. The van der Waals surface area contributed by atoms with E-state index in [9.17, 15) is 75.1 Å². The molecule has 0 aliphatic heterocycles. The summed E-state index contributed by atoms with van der Waals surface area (Å²) in [6, 6.07) is 3.31. The van der Waals surface area contributed by atoms with E-state index in [-0.39, 0.29) is 33.6 Å². The van der Waals surface area contributed by atoms with Crippen molar-refractivity contribution in [1.82, 2.24) is 39.4 Å². The number of ether oxygens (including phenoxy) is 1. The van der Waals surface area contributed by atoms with E-state index >= 15 is 8.78 Å². The molecule has 376 valence electrons. The average Bonchev–Trinajstić information content (AvgIpc) is 3.77. The van der Waals surface area contributed by atoms with Gasteiger partial charge in [0.1, 0.15) is 35.4 Å². The first-order valence-electron chi connectivity index (χ1n) is 19.7. The van der Waals surface area contributed by atoms with Gasteiger partial charge in [0.15, 0.2) is 18.1 Å². The van der Waals surface area contributed by atoms with Crippen LogP contribution in [-0.2, 0) is 40.8 Å². The van der Waals surface area contributed by atoms with Crippen LogP contribution in [0.5, 0.6) is 5.88 Å². The molecule has 1 fully saturated rings. The Balaban J connectivity index is 1.31. The van der Waals surface area contributed by atoms with Crippen molar-refractivity contribution in [3.63, 3.8) is 0 Å². The van der Waals surface area contributed by atoms with E-state index in [1.807, 2.05) is 0 Å². The van der Waals surface area contributed by atoms with Crippen molar-refractivity contribution in [3.05, 3.63) is 97.8 Å². The number of pyridine rings is 1. The van der Waals surface area contributed by atoms with Crippen LogP contribution in [-0.4, -0.2) is 85.2 Å². The Labute approximate surface area is 385 Å².